The molecule has 1 unspecified atom stereocenters. The molecule has 34 heavy (non-hydrogen) atoms. The minimum absolute atomic E-state index is 0.112. The van der Waals surface area contributed by atoms with Gasteiger partial charge in [0.15, 0.2) is 23.8 Å². The number of aromatic nitrogens is 4. The Morgan fingerprint density at radius 3 is 2.71 bits per heavy atom. The van der Waals surface area contributed by atoms with E-state index in [0.29, 0.717) is 5.75 Å². The van der Waals surface area contributed by atoms with Crippen molar-refractivity contribution in [2.24, 2.45) is 5.73 Å². The number of anilines is 1. The van der Waals surface area contributed by atoms with Gasteiger partial charge in [-0.05, 0) is 12.5 Å². The highest BCUT2D eigenvalue weighted by Crippen LogP contribution is 2.32. The van der Waals surface area contributed by atoms with Crippen molar-refractivity contribution >= 4 is 40.6 Å². The number of nitrogen functional groups attached to an aromatic ring is 1. The van der Waals surface area contributed by atoms with Crippen LogP contribution in [0.2, 0.25) is 0 Å². The standard InChI is InChI=1S/C21H25N7O5S/c1-10(11-5-3-2-4-6-11)34-7-12(22)19(30)27-13-15(29)20(33-16(13)21(31)32)28-9-26-14-17(23)24-8-25-18(14)28/h2-6,8-10,12-13,15-16,20,29H,7,22H2,1H3,(H,27,30)(H,31,32)(H2,23,24,25)/t10?,12-,13+,15-,16+,20-/m1/s1. The maximum atomic E-state index is 12.7. The van der Waals surface area contributed by atoms with E-state index in [2.05, 4.69) is 20.3 Å². The molecule has 1 saturated heterocycles. The second-order valence-electron chi connectivity index (χ2n) is 7.89. The van der Waals surface area contributed by atoms with Gasteiger partial charge in [0.05, 0.1) is 18.4 Å². The first-order valence-corrected chi connectivity index (χ1v) is 11.5. The van der Waals surface area contributed by atoms with Crippen LogP contribution in [0, 0.1) is 0 Å². The van der Waals surface area contributed by atoms with E-state index < -0.39 is 42.4 Å². The number of rotatable bonds is 8. The molecule has 0 saturated carbocycles. The summed E-state index contributed by atoms with van der Waals surface area (Å²) in [6, 6.07) is 7.62. The SMILES string of the molecule is CC(SC[C@@H](N)C(=O)N[C@H]1[C@@H](O)[C@H](n2cnc3c(N)ncnc32)O[C@@H]1C(=O)O)c1ccccc1. The molecule has 1 fully saturated rings. The quantitative estimate of drug-likeness (QED) is 0.288. The number of benzene rings is 1. The van der Waals surface area contributed by atoms with Crippen molar-refractivity contribution in [3.63, 3.8) is 0 Å². The van der Waals surface area contributed by atoms with Crippen LogP contribution >= 0.6 is 11.8 Å². The molecule has 1 amide bonds. The highest BCUT2D eigenvalue weighted by molar-refractivity contribution is 7.99. The maximum Gasteiger partial charge on any atom is 0.335 e. The largest absolute Gasteiger partial charge is 0.479 e. The lowest BCUT2D eigenvalue weighted by Crippen LogP contribution is -2.54. The van der Waals surface area contributed by atoms with Gasteiger partial charge in [-0.2, -0.15) is 11.8 Å². The number of aliphatic hydroxyl groups excluding tert-OH is 1. The maximum absolute atomic E-state index is 12.7. The van der Waals surface area contributed by atoms with Crippen LogP contribution < -0.4 is 16.8 Å². The van der Waals surface area contributed by atoms with Gasteiger partial charge in [-0.3, -0.25) is 9.36 Å². The Bertz CT molecular complexity index is 1180. The van der Waals surface area contributed by atoms with E-state index in [0.717, 1.165) is 5.56 Å². The third-order valence-electron chi connectivity index (χ3n) is 5.62. The van der Waals surface area contributed by atoms with Gasteiger partial charge in [0, 0.05) is 11.0 Å². The minimum Gasteiger partial charge on any atom is -0.479 e. The van der Waals surface area contributed by atoms with Crippen molar-refractivity contribution in [2.45, 2.75) is 42.7 Å². The van der Waals surface area contributed by atoms with Crippen LogP contribution in [0.3, 0.4) is 0 Å². The molecule has 1 aliphatic heterocycles. The van der Waals surface area contributed by atoms with E-state index in [9.17, 15) is 19.8 Å². The van der Waals surface area contributed by atoms with Gasteiger partial charge >= 0.3 is 5.97 Å². The fourth-order valence-electron chi connectivity index (χ4n) is 3.75. The van der Waals surface area contributed by atoms with E-state index in [-0.39, 0.29) is 22.2 Å². The molecular formula is C21H25N7O5S. The van der Waals surface area contributed by atoms with Crippen molar-refractivity contribution in [1.29, 1.82) is 0 Å². The summed E-state index contributed by atoms with van der Waals surface area (Å²) in [4.78, 5) is 36.6. The number of hydrogen-bond donors (Lipinski definition) is 5. The molecule has 1 aromatic carbocycles. The Hall–Kier alpha value is -3.26. The molecule has 0 bridgehead atoms. The predicted molar refractivity (Wildman–Crippen MR) is 125 cm³/mol. The highest BCUT2D eigenvalue weighted by Gasteiger charge is 2.49. The number of fused-ring (bicyclic) bond motifs is 1. The summed E-state index contributed by atoms with van der Waals surface area (Å²) in [5.74, 6) is -1.50. The topological polar surface area (TPSA) is 191 Å². The number of carbonyl (C=O) groups excluding carboxylic acids is 1. The van der Waals surface area contributed by atoms with Crippen LogP contribution in [-0.2, 0) is 14.3 Å². The minimum atomic E-state index is -1.51. The van der Waals surface area contributed by atoms with E-state index in [1.165, 1.54) is 29.0 Å². The number of nitrogens with one attached hydrogen (secondary N) is 1. The zero-order chi connectivity index (χ0) is 24.4. The van der Waals surface area contributed by atoms with Crippen LogP contribution in [0.25, 0.3) is 11.2 Å². The van der Waals surface area contributed by atoms with Crippen molar-refractivity contribution in [2.75, 3.05) is 11.5 Å². The van der Waals surface area contributed by atoms with Gasteiger partial charge in [-0.15, -0.1) is 0 Å². The predicted octanol–water partition coefficient (Wildman–Crippen LogP) is 0.0579. The number of aliphatic hydroxyl groups is 1. The molecule has 7 N–H and O–H groups in total. The van der Waals surface area contributed by atoms with Crippen LogP contribution in [-0.4, -0.2) is 71.7 Å². The number of carboxylic acids is 1. The second kappa shape index (κ2) is 9.93. The van der Waals surface area contributed by atoms with Gasteiger partial charge in [-0.1, -0.05) is 30.3 Å². The first kappa shape index (κ1) is 23.9. The van der Waals surface area contributed by atoms with Crippen molar-refractivity contribution in [3.05, 3.63) is 48.5 Å². The van der Waals surface area contributed by atoms with Gasteiger partial charge < -0.3 is 31.7 Å². The lowest BCUT2D eigenvalue weighted by Gasteiger charge is -2.22. The number of ether oxygens (including phenoxy) is 1. The number of nitrogens with zero attached hydrogens (tertiary/aromatic N) is 4. The molecule has 1 aliphatic rings. The van der Waals surface area contributed by atoms with E-state index >= 15 is 0 Å². The molecule has 2 aromatic heterocycles. The van der Waals surface area contributed by atoms with Crippen molar-refractivity contribution in [1.82, 2.24) is 24.8 Å². The first-order valence-electron chi connectivity index (χ1n) is 10.5. The lowest BCUT2D eigenvalue weighted by atomic mass is 10.1. The fraction of sp³-hybridized carbons (Fsp3) is 0.381. The fourth-order valence-corrected chi connectivity index (χ4v) is 4.74. The van der Waals surface area contributed by atoms with E-state index in [4.69, 9.17) is 16.2 Å². The molecular weight excluding hydrogens is 462 g/mol. The summed E-state index contributed by atoms with van der Waals surface area (Å²) in [5, 5.41) is 23.2. The number of carbonyl (C=O) groups is 2. The average molecular weight is 488 g/mol. The molecule has 0 aliphatic carbocycles. The summed E-state index contributed by atoms with van der Waals surface area (Å²) < 4.78 is 6.95. The summed E-state index contributed by atoms with van der Waals surface area (Å²) in [7, 11) is 0. The number of imidazole rings is 1. The molecule has 3 heterocycles. The number of hydrogen-bond acceptors (Lipinski definition) is 10. The van der Waals surface area contributed by atoms with Gasteiger partial charge in [-0.25, -0.2) is 19.7 Å². The van der Waals surface area contributed by atoms with Crippen LogP contribution in [0.4, 0.5) is 5.82 Å². The van der Waals surface area contributed by atoms with Crippen LogP contribution in [0.15, 0.2) is 43.0 Å². The average Bonchev–Trinajstić information content (AvgIpc) is 3.40. The second-order valence-corrected chi connectivity index (χ2v) is 9.26. The van der Waals surface area contributed by atoms with Crippen LogP contribution in [0.5, 0.6) is 0 Å². The van der Waals surface area contributed by atoms with E-state index in [1.807, 2.05) is 37.3 Å². The van der Waals surface area contributed by atoms with Gasteiger partial charge in [0.2, 0.25) is 5.91 Å². The summed E-state index contributed by atoms with van der Waals surface area (Å²) in [6.07, 6.45) is -1.56. The summed E-state index contributed by atoms with van der Waals surface area (Å²) >= 11 is 1.50. The van der Waals surface area contributed by atoms with Crippen LogP contribution in [0.1, 0.15) is 24.0 Å². The number of nitrogens with two attached hydrogens (primary N) is 2. The molecule has 12 nitrogen and oxygen atoms in total. The lowest BCUT2D eigenvalue weighted by molar-refractivity contribution is -0.152. The molecule has 3 aromatic rings. The Morgan fingerprint density at radius 2 is 2.00 bits per heavy atom. The zero-order valence-electron chi connectivity index (χ0n) is 18.2. The van der Waals surface area contributed by atoms with Gasteiger partial charge in [0.1, 0.15) is 17.9 Å². The molecule has 13 heteroatoms. The number of aliphatic carboxylic acids is 1. The summed E-state index contributed by atoms with van der Waals surface area (Å²) in [6.45, 7) is 2.01. The Morgan fingerprint density at radius 1 is 1.26 bits per heavy atom. The first-order chi connectivity index (χ1) is 16.3. The Balaban J connectivity index is 1.45. The molecule has 6 atom stereocenters. The number of amides is 1. The third kappa shape index (κ3) is 4.68. The summed E-state index contributed by atoms with van der Waals surface area (Å²) in [5.41, 5.74) is 13.5. The molecule has 0 radical (unpaired) electrons. The van der Waals surface area contributed by atoms with E-state index in [1.54, 1.807) is 0 Å². The van der Waals surface area contributed by atoms with Gasteiger partial charge in [0.25, 0.3) is 0 Å². The monoisotopic (exact) mass is 487 g/mol. The molecule has 0 spiro atoms. The zero-order valence-corrected chi connectivity index (χ0v) is 19.0. The van der Waals surface area contributed by atoms with Crippen molar-refractivity contribution < 1.29 is 24.5 Å². The number of thioether (sulfide) groups is 1. The number of carboxylic acid groups (broad SMARTS) is 1. The molecule has 4 rings (SSSR count). The third-order valence-corrected chi connectivity index (χ3v) is 6.94. The smallest absolute Gasteiger partial charge is 0.335 e. The normalized spacial score (nSPS) is 24.1. The Labute approximate surface area is 198 Å². The van der Waals surface area contributed by atoms with Crippen molar-refractivity contribution in [3.8, 4) is 0 Å². The Kier molecular flexibility index (Phi) is 6.97. The highest BCUT2D eigenvalue weighted by atomic mass is 32.2. The molecule has 180 valence electrons.